The molecule has 0 amide bonds. The van der Waals surface area contributed by atoms with Gasteiger partial charge in [-0.05, 0) is 31.0 Å². The highest BCUT2D eigenvalue weighted by atomic mass is 16.5. The Bertz CT molecular complexity index is 566. The summed E-state index contributed by atoms with van der Waals surface area (Å²) in [5, 5.41) is 13.6. The van der Waals surface area contributed by atoms with Crippen LogP contribution in [-0.4, -0.2) is 29.1 Å². The quantitative estimate of drug-likeness (QED) is 0.514. The molecule has 1 aliphatic rings. The molecule has 1 aromatic rings. The van der Waals surface area contributed by atoms with Gasteiger partial charge in [0.15, 0.2) is 11.3 Å². The first-order valence-corrected chi connectivity index (χ1v) is 6.07. The van der Waals surface area contributed by atoms with Gasteiger partial charge in [-0.2, -0.15) is 0 Å². The first-order valence-electron chi connectivity index (χ1n) is 6.07. The van der Waals surface area contributed by atoms with Crippen LogP contribution in [0, 0.1) is 6.92 Å². The highest BCUT2D eigenvalue weighted by Gasteiger charge is 2.48. The number of carbonyl (C=O) groups excluding carboxylic acids is 1. The number of ether oxygens (including phenoxy) is 1. The van der Waals surface area contributed by atoms with Gasteiger partial charge in [0, 0.05) is 4.91 Å². The predicted octanol–water partition coefficient (Wildman–Crippen LogP) is 2.39. The number of ketones is 1. The van der Waals surface area contributed by atoms with E-state index in [0.717, 1.165) is 5.56 Å². The van der Waals surface area contributed by atoms with Crippen molar-refractivity contribution in [3.05, 3.63) is 39.8 Å². The molecule has 1 aliphatic heterocycles. The van der Waals surface area contributed by atoms with E-state index in [0.29, 0.717) is 17.7 Å². The van der Waals surface area contributed by atoms with Gasteiger partial charge in [-0.15, -0.1) is 0 Å². The maximum absolute atomic E-state index is 12.6. The standard InChI is InChI=1S/C13H15N3O3/c1-3-11(17)13(15-16-14)7-19-10-5-4-8(2)6-9(10)12(13)18/h4-6,11,17H,3,7H2,1-2H3/t11-,13+/m0/s1. The Labute approximate surface area is 110 Å². The monoisotopic (exact) mass is 261 g/mol. The van der Waals surface area contributed by atoms with Crippen molar-refractivity contribution in [2.75, 3.05) is 6.61 Å². The van der Waals surface area contributed by atoms with Crippen LogP contribution in [0.2, 0.25) is 0 Å². The Morgan fingerprint density at radius 1 is 1.63 bits per heavy atom. The summed E-state index contributed by atoms with van der Waals surface area (Å²) in [5.41, 5.74) is 8.38. The Balaban J connectivity index is 2.56. The maximum atomic E-state index is 12.6. The van der Waals surface area contributed by atoms with Crippen molar-refractivity contribution in [1.29, 1.82) is 0 Å². The number of aryl methyl sites for hydroxylation is 1. The molecule has 0 saturated carbocycles. The van der Waals surface area contributed by atoms with E-state index in [1.807, 2.05) is 13.0 Å². The number of hydrogen-bond donors (Lipinski definition) is 1. The van der Waals surface area contributed by atoms with Gasteiger partial charge in [-0.1, -0.05) is 23.7 Å². The number of azide groups is 1. The van der Waals surface area contributed by atoms with Crippen LogP contribution in [0.5, 0.6) is 5.75 Å². The number of fused-ring (bicyclic) bond motifs is 1. The number of benzene rings is 1. The lowest BCUT2D eigenvalue weighted by molar-refractivity contribution is 0.0332. The van der Waals surface area contributed by atoms with Crippen LogP contribution < -0.4 is 4.74 Å². The van der Waals surface area contributed by atoms with E-state index in [1.54, 1.807) is 19.1 Å². The molecule has 0 spiro atoms. The summed E-state index contributed by atoms with van der Waals surface area (Å²) in [6, 6.07) is 5.23. The lowest BCUT2D eigenvalue weighted by Crippen LogP contribution is -2.54. The lowest BCUT2D eigenvalue weighted by atomic mass is 9.82. The summed E-state index contributed by atoms with van der Waals surface area (Å²) in [5.74, 6) is 0.0762. The van der Waals surface area contributed by atoms with Gasteiger partial charge in [-0.3, -0.25) is 4.79 Å². The normalized spacial score (nSPS) is 23.0. The van der Waals surface area contributed by atoms with E-state index in [4.69, 9.17) is 10.3 Å². The summed E-state index contributed by atoms with van der Waals surface area (Å²) in [6.45, 7) is 3.44. The SMILES string of the molecule is CC[C@H](O)[C@]1(N=[N+]=[N-])COc2ccc(C)cc2C1=O. The molecule has 6 nitrogen and oxygen atoms in total. The Hall–Kier alpha value is -2.04. The largest absolute Gasteiger partial charge is 0.492 e. The van der Waals surface area contributed by atoms with Crippen LogP contribution in [0.4, 0.5) is 0 Å². The Kier molecular flexibility index (Phi) is 3.46. The van der Waals surface area contributed by atoms with Crippen molar-refractivity contribution in [3.8, 4) is 5.75 Å². The van der Waals surface area contributed by atoms with E-state index in [-0.39, 0.29) is 12.4 Å². The highest BCUT2D eigenvalue weighted by molar-refractivity contribution is 6.07. The van der Waals surface area contributed by atoms with Crippen LogP contribution in [-0.2, 0) is 0 Å². The first kappa shape index (κ1) is 13.4. The molecule has 0 bridgehead atoms. The molecule has 0 saturated heterocycles. The smallest absolute Gasteiger partial charge is 0.184 e. The van der Waals surface area contributed by atoms with Gasteiger partial charge in [0.1, 0.15) is 12.4 Å². The Morgan fingerprint density at radius 2 is 2.37 bits per heavy atom. The fraction of sp³-hybridized carbons (Fsp3) is 0.462. The van der Waals surface area contributed by atoms with Crippen molar-refractivity contribution < 1.29 is 14.6 Å². The third kappa shape index (κ3) is 2.05. The van der Waals surface area contributed by atoms with Crippen LogP contribution in [0.25, 0.3) is 10.4 Å². The molecule has 0 radical (unpaired) electrons. The fourth-order valence-corrected chi connectivity index (χ4v) is 2.24. The van der Waals surface area contributed by atoms with E-state index < -0.39 is 11.6 Å². The topological polar surface area (TPSA) is 95.3 Å². The van der Waals surface area contributed by atoms with Gasteiger partial charge < -0.3 is 9.84 Å². The van der Waals surface area contributed by atoms with Crippen molar-refractivity contribution in [2.45, 2.75) is 31.9 Å². The molecule has 2 atom stereocenters. The van der Waals surface area contributed by atoms with Crippen LogP contribution >= 0.6 is 0 Å². The summed E-state index contributed by atoms with van der Waals surface area (Å²) in [6.07, 6.45) is -0.764. The molecule has 1 N–H and O–H groups in total. The lowest BCUT2D eigenvalue weighted by Gasteiger charge is -2.35. The fourth-order valence-electron chi connectivity index (χ4n) is 2.24. The molecule has 0 aromatic heterocycles. The number of rotatable bonds is 3. The second-order valence-corrected chi connectivity index (χ2v) is 4.66. The molecule has 0 aliphatic carbocycles. The molecule has 0 unspecified atom stereocenters. The number of nitrogens with zero attached hydrogens (tertiary/aromatic N) is 3. The summed E-state index contributed by atoms with van der Waals surface area (Å²) in [4.78, 5) is 15.3. The number of carbonyl (C=O) groups is 1. The molecule has 1 aromatic carbocycles. The molecule has 19 heavy (non-hydrogen) atoms. The van der Waals surface area contributed by atoms with E-state index in [1.165, 1.54) is 0 Å². The zero-order valence-electron chi connectivity index (χ0n) is 10.8. The second kappa shape index (κ2) is 4.91. The van der Waals surface area contributed by atoms with E-state index in [9.17, 15) is 9.90 Å². The number of aliphatic hydroxyl groups excluding tert-OH is 1. The maximum Gasteiger partial charge on any atom is 0.184 e. The second-order valence-electron chi connectivity index (χ2n) is 4.66. The minimum Gasteiger partial charge on any atom is -0.492 e. The molecular formula is C13H15N3O3. The number of aliphatic hydroxyl groups is 1. The van der Waals surface area contributed by atoms with Crippen molar-refractivity contribution in [1.82, 2.24) is 0 Å². The zero-order chi connectivity index (χ0) is 14.0. The van der Waals surface area contributed by atoms with E-state index in [2.05, 4.69) is 10.0 Å². The third-order valence-electron chi connectivity index (χ3n) is 3.38. The Morgan fingerprint density at radius 3 is 3.00 bits per heavy atom. The van der Waals surface area contributed by atoms with Gasteiger partial charge in [0.25, 0.3) is 0 Å². The van der Waals surface area contributed by atoms with Gasteiger partial charge >= 0.3 is 0 Å². The average molecular weight is 261 g/mol. The number of Topliss-reactive ketones (excluding diaryl/α,β-unsaturated/α-hetero) is 1. The summed E-state index contributed by atoms with van der Waals surface area (Å²) in [7, 11) is 0. The number of hydrogen-bond acceptors (Lipinski definition) is 4. The molecule has 1 heterocycles. The van der Waals surface area contributed by atoms with Crippen LogP contribution in [0.15, 0.2) is 23.3 Å². The predicted molar refractivity (Wildman–Crippen MR) is 69.2 cm³/mol. The van der Waals surface area contributed by atoms with Crippen molar-refractivity contribution >= 4 is 5.78 Å². The van der Waals surface area contributed by atoms with Gasteiger partial charge in [-0.25, -0.2) is 0 Å². The molecule has 0 fully saturated rings. The summed E-state index contributed by atoms with van der Waals surface area (Å²) >= 11 is 0. The minimum absolute atomic E-state index is 0.138. The van der Waals surface area contributed by atoms with E-state index >= 15 is 0 Å². The summed E-state index contributed by atoms with van der Waals surface area (Å²) < 4.78 is 5.49. The van der Waals surface area contributed by atoms with Crippen LogP contribution in [0.1, 0.15) is 29.3 Å². The van der Waals surface area contributed by atoms with Gasteiger partial charge in [0.05, 0.1) is 11.7 Å². The molecule has 2 rings (SSSR count). The third-order valence-corrected chi connectivity index (χ3v) is 3.38. The minimum atomic E-state index is -1.57. The molecule has 6 heteroatoms. The first-order chi connectivity index (χ1) is 9.05. The molecular weight excluding hydrogens is 246 g/mol. The van der Waals surface area contributed by atoms with Crippen LogP contribution in [0.3, 0.4) is 0 Å². The van der Waals surface area contributed by atoms with Crippen molar-refractivity contribution in [3.63, 3.8) is 0 Å². The molecule has 100 valence electrons. The zero-order valence-corrected chi connectivity index (χ0v) is 10.8. The van der Waals surface area contributed by atoms with Crippen molar-refractivity contribution in [2.24, 2.45) is 5.11 Å². The van der Waals surface area contributed by atoms with Gasteiger partial charge in [0.2, 0.25) is 0 Å². The highest BCUT2D eigenvalue weighted by Crippen LogP contribution is 2.35. The average Bonchev–Trinajstić information content (AvgIpc) is 2.42.